The molecule has 1 N–H and O–H groups in total. The molecule has 4 aromatic rings. The lowest BCUT2D eigenvalue weighted by atomic mass is 9.98. The minimum absolute atomic E-state index is 0.00932. The number of aryl methyl sites for hydroxylation is 2. The number of nitrogens with zero attached hydrogens (tertiary/aromatic N) is 2. The van der Waals surface area contributed by atoms with Crippen LogP contribution in [0.4, 0.5) is 4.79 Å². The number of aromatic nitrogens is 1. The van der Waals surface area contributed by atoms with E-state index in [0.717, 1.165) is 22.5 Å². The third-order valence-electron chi connectivity index (χ3n) is 7.14. The van der Waals surface area contributed by atoms with E-state index >= 15 is 0 Å². The maximum atomic E-state index is 12.8. The first-order chi connectivity index (χ1) is 19.9. The lowest BCUT2D eigenvalue weighted by molar-refractivity contribution is -0.0581. The molecule has 0 saturated heterocycles. The zero-order valence-corrected chi connectivity index (χ0v) is 22.9. The number of hydroxylamine groups is 2. The van der Waals surface area contributed by atoms with Gasteiger partial charge >= 0.3 is 12.1 Å². The lowest BCUT2D eigenvalue weighted by Gasteiger charge is -2.14. The highest BCUT2D eigenvalue weighted by atomic mass is 32.1. The Kier molecular flexibility index (Phi) is 7.07. The van der Waals surface area contributed by atoms with E-state index in [1.54, 1.807) is 19.1 Å². The van der Waals surface area contributed by atoms with Crippen LogP contribution in [-0.2, 0) is 16.0 Å². The number of thiazole rings is 1. The van der Waals surface area contributed by atoms with Crippen LogP contribution in [0.5, 0.6) is 0 Å². The fourth-order valence-corrected chi connectivity index (χ4v) is 6.18. The smallest absolute Gasteiger partial charge is 0.407 e. The van der Waals surface area contributed by atoms with E-state index in [1.807, 2.05) is 24.3 Å². The molecule has 0 atom stereocenters. The van der Waals surface area contributed by atoms with Crippen molar-refractivity contribution in [1.29, 1.82) is 0 Å². The minimum atomic E-state index is -0.822. The summed E-state index contributed by atoms with van der Waals surface area (Å²) < 4.78 is 5.57. The molecule has 0 saturated carbocycles. The number of benzene rings is 3. The van der Waals surface area contributed by atoms with Crippen molar-refractivity contribution in [2.45, 2.75) is 25.7 Å². The second-order valence-electron chi connectivity index (χ2n) is 9.71. The second kappa shape index (κ2) is 11.0. The molecule has 0 bridgehead atoms. The van der Waals surface area contributed by atoms with Gasteiger partial charge in [0, 0.05) is 18.9 Å². The Bertz CT molecular complexity index is 1620. The quantitative estimate of drug-likeness (QED) is 0.227. The molecule has 1 aromatic heterocycles. The number of hydrogen-bond acceptors (Lipinski definition) is 8. The van der Waals surface area contributed by atoms with Gasteiger partial charge in [-0.1, -0.05) is 65.7 Å². The molecular weight excluding hydrogens is 542 g/mol. The number of amides is 3. The molecule has 10 heteroatoms. The minimum Gasteiger partial charge on any atom is -0.449 e. The highest BCUT2D eigenvalue weighted by Crippen LogP contribution is 2.44. The zero-order chi connectivity index (χ0) is 28.5. The van der Waals surface area contributed by atoms with Crippen LogP contribution in [-0.4, -0.2) is 47.1 Å². The Morgan fingerprint density at radius 3 is 2.05 bits per heavy atom. The van der Waals surface area contributed by atoms with E-state index in [1.165, 1.54) is 23.3 Å². The average Bonchev–Trinajstić information content (AvgIpc) is 3.60. The first kappa shape index (κ1) is 26.4. The van der Waals surface area contributed by atoms with Gasteiger partial charge in [0.25, 0.3) is 11.8 Å². The molecule has 0 radical (unpaired) electrons. The summed E-state index contributed by atoms with van der Waals surface area (Å²) in [5.41, 5.74) is 5.46. The van der Waals surface area contributed by atoms with Crippen LogP contribution in [0.2, 0.25) is 0 Å². The van der Waals surface area contributed by atoms with Crippen LogP contribution < -0.4 is 5.32 Å². The number of fused-ring (bicyclic) bond motifs is 4. The van der Waals surface area contributed by atoms with Crippen LogP contribution in [0.1, 0.15) is 64.6 Å². The molecular formula is C31H25N3O6S. The normalized spacial score (nSPS) is 13.5. The van der Waals surface area contributed by atoms with Crippen molar-refractivity contribution in [2.75, 3.05) is 13.2 Å². The fourth-order valence-electron chi connectivity index (χ4n) is 5.20. The predicted molar refractivity (Wildman–Crippen MR) is 151 cm³/mol. The summed E-state index contributed by atoms with van der Waals surface area (Å²) in [5, 5.41) is 3.94. The van der Waals surface area contributed by atoms with Crippen LogP contribution in [0, 0.1) is 6.92 Å². The number of imide groups is 1. The molecule has 1 aliphatic heterocycles. The molecule has 2 heterocycles. The Hall–Kier alpha value is -4.83. The van der Waals surface area contributed by atoms with Gasteiger partial charge in [0.1, 0.15) is 11.5 Å². The Morgan fingerprint density at radius 1 is 0.878 bits per heavy atom. The van der Waals surface area contributed by atoms with Crippen molar-refractivity contribution >= 4 is 35.2 Å². The summed E-state index contributed by atoms with van der Waals surface area (Å²) >= 11 is 1.13. The van der Waals surface area contributed by atoms with E-state index in [0.29, 0.717) is 35.2 Å². The maximum Gasteiger partial charge on any atom is 0.407 e. The molecule has 9 nitrogen and oxygen atoms in total. The van der Waals surface area contributed by atoms with Gasteiger partial charge < -0.3 is 14.9 Å². The van der Waals surface area contributed by atoms with Gasteiger partial charge in [-0.3, -0.25) is 9.59 Å². The topological polar surface area (TPSA) is 115 Å². The van der Waals surface area contributed by atoms with Crippen molar-refractivity contribution in [3.8, 4) is 11.1 Å². The Balaban J connectivity index is 0.982. The molecule has 0 fully saturated rings. The molecule has 41 heavy (non-hydrogen) atoms. The van der Waals surface area contributed by atoms with Gasteiger partial charge in [0.05, 0.1) is 21.8 Å². The number of rotatable bonds is 8. The molecule has 6 rings (SSSR count). The van der Waals surface area contributed by atoms with Crippen LogP contribution >= 0.6 is 11.3 Å². The first-order valence-electron chi connectivity index (χ1n) is 13.2. The van der Waals surface area contributed by atoms with Gasteiger partial charge in [-0.05, 0) is 47.7 Å². The first-order valence-corrected chi connectivity index (χ1v) is 14.0. The summed E-state index contributed by atoms with van der Waals surface area (Å²) in [5.74, 6) is -2.19. The second-order valence-corrected chi connectivity index (χ2v) is 10.8. The number of hydrogen-bond donors (Lipinski definition) is 1. The Labute approximate surface area is 239 Å². The number of ether oxygens (including phenoxy) is 1. The van der Waals surface area contributed by atoms with Crippen LogP contribution in [0.25, 0.3) is 11.1 Å². The van der Waals surface area contributed by atoms with E-state index in [-0.39, 0.29) is 28.5 Å². The van der Waals surface area contributed by atoms with Crippen LogP contribution in [0.15, 0.2) is 72.8 Å². The van der Waals surface area contributed by atoms with Crippen molar-refractivity contribution in [3.05, 3.63) is 111 Å². The highest BCUT2D eigenvalue weighted by molar-refractivity contribution is 7.13. The summed E-state index contributed by atoms with van der Waals surface area (Å²) in [4.78, 5) is 60.0. The van der Waals surface area contributed by atoms with Gasteiger partial charge in [-0.25, -0.2) is 14.6 Å². The number of carbonyl (C=O) groups excluding carboxylic acids is 4. The molecule has 0 spiro atoms. The van der Waals surface area contributed by atoms with Crippen LogP contribution in [0.3, 0.4) is 0 Å². The van der Waals surface area contributed by atoms with Crippen molar-refractivity contribution in [2.24, 2.45) is 0 Å². The summed E-state index contributed by atoms with van der Waals surface area (Å²) in [7, 11) is 0. The summed E-state index contributed by atoms with van der Waals surface area (Å²) in [6.07, 6.45) is 0.590. The van der Waals surface area contributed by atoms with E-state index in [2.05, 4.69) is 34.6 Å². The fraction of sp³-hybridized carbons (Fsp3) is 0.194. The summed E-state index contributed by atoms with van der Waals surface area (Å²) in [6.45, 7) is 2.27. The van der Waals surface area contributed by atoms with E-state index < -0.39 is 23.9 Å². The average molecular weight is 568 g/mol. The Morgan fingerprint density at radius 2 is 1.44 bits per heavy atom. The van der Waals surface area contributed by atoms with Gasteiger partial charge in [0.15, 0.2) is 0 Å². The highest BCUT2D eigenvalue weighted by Gasteiger charge is 2.39. The molecule has 0 unspecified atom stereocenters. The third-order valence-corrected chi connectivity index (χ3v) is 8.33. The molecule has 206 valence electrons. The molecule has 3 amide bonds. The molecule has 2 aliphatic rings. The number of nitrogens with one attached hydrogen (secondary N) is 1. The zero-order valence-electron chi connectivity index (χ0n) is 22.1. The number of alkyl carbamates (subject to hydrolysis) is 1. The van der Waals surface area contributed by atoms with Gasteiger partial charge in [-0.2, -0.15) is 0 Å². The maximum absolute atomic E-state index is 12.8. The molecule has 1 aliphatic carbocycles. The van der Waals surface area contributed by atoms with Crippen molar-refractivity contribution < 1.29 is 28.8 Å². The largest absolute Gasteiger partial charge is 0.449 e. The standard InChI is InChI=1S/C31H25N3O6S/c1-18-27(30(37)40-34-28(35)23-13-6-7-14-24(23)29(34)36)41-26(33-18)15-8-16-32-31(38)39-17-25-21-11-4-2-9-19(21)20-10-3-5-12-22(20)25/h2-7,9-14,25H,8,15-17H2,1H3,(H,32,38). The van der Waals surface area contributed by atoms with E-state index in [4.69, 9.17) is 9.57 Å². The third kappa shape index (κ3) is 4.98. The van der Waals surface area contributed by atoms with Gasteiger partial charge in [-0.15, -0.1) is 11.3 Å². The SMILES string of the molecule is Cc1nc(CCCNC(=O)OCC2c3ccccc3-c3ccccc32)sc1C(=O)ON1C(=O)c2ccccc2C1=O. The molecule has 3 aromatic carbocycles. The van der Waals surface area contributed by atoms with Gasteiger partial charge in [0.2, 0.25) is 0 Å². The summed E-state index contributed by atoms with van der Waals surface area (Å²) in [6, 6.07) is 22.6. The number of carbonyl (C=O) groups is 4. The van der Waals surface area contributed by atoms with E-state index in [9.17, 15) is 19.2 Å². The predicted octanol–water partition coefficient (Wildman–Crippen LogP) is 5.29. The lowest BCUT2D eigenvalue weighted by Crippen LogP contribution is -2.32. The van der Waals surface area contributed by atoms with Crippen molar-refractivity contribution in [3.63, 3.8) is 0 Å². The monoisotopic (exact) mass is 567 g/mol. The van der Waals surface area contributed by atoms with Crippen molar-refractivity contribution in [1.82, 2.24) is 15.4 Å².